The third kappa shape index (κ3) is 4.04. The molecule has 0 amide bonds. The van der Waals surface area contributed by atoms with Crippen LogP contribution < -0.4 is 10.2 Å². The number of rotatable bonds is 6. The van der Waals surface area contributed by atoms with Gasteiger partial charge in [0.15, 0.2) is 6.29 Å². The van der Waals surface area contributed by atoms with Gasteiger partial charge < -0.3 is 4.74 Å². The average molecular weight is 228 g/mol. The Morgan fingerprint density at radius 3 is 2.88 bits per heavy atom. The van der Waals surface area contributed by atoms with Crippen LogP contribution in [-0.2, 0) is 4.79 Å². The van der Waals surface area contributed by atoms with Crippen LogP contribution in [0.5, 0.6) is 5.75 Å². The zero-order chi connectivity index (χ0) is 11.8. The number of carbonyl (C=O) groups excluding carboxylic acids is 1. The monoisotopic (exact) mass is 228 g/mol. The molecule has 1 N–H and O–H groups in total. The molecule has 0 fully saturated rings. The van der Waals surface area contributed by atoms with Gasteiger partial charge in [0.1, 0.15) is 12.4 Å². The summed E-state index contributed by atoms with van der Waals surface area (Å²) in [6.45, 7) is -0.684. The fourth-order valence-corrected chi connectivity index (χ4v) is 0.975. The third-order valence-electron chi connectivity index (χ3n) is 1.57. The fraction of sp³-hybridized carbons (Fsp3) is 0.200. The Hall–Kier alpha value is -1.98. The summed E-state index contributed by atoms with van der Waals surface area (Å²) in [6.07, 6.45) is -1.04. The number of benzene rings is 1. The molecule has 0 aliphatic heterocycles. The van der Waals surface area contributed by atoms with Crippen LogP contribution in [0.2, 0.25) is 0 Å². The van der Waals surface area contributed by atoms with Crippen molar-refractivity contribution in [3.8, 4) is 5.75 Å². The van der Waals surface area contributed by atoms with Crippen LogP contribution in [0.4, 0.5) is 14.5 Å². The van der Waals surface area contributed by atoms with Crippen LogP contribution in [-0.4, -0.2) is 25.5 Å². The molecular formula is C10H10F2N2O2. The van der Waals surface area contributed by atoms with Crippen LogP contribution in [0.25, 0.3) is 0 Å². The van der Waals surface area contributed by atoms with Gasteiger partial charge in [0, 0.05) is 0 Å². The van der Waals surface area contributed by atoms with Gasteiger partial charge in [-0.25, -0.2) is 8.78 Å². The third-order valence-corrected chi connectivity index (χ3v) is 1.57. The van der Waals surface area contributed by atoms with E-state index in [0.29, 0.717) is 12.0 Å². The number of nitrogens with one attached hydrogen (secondary N) is 1. The van der Waals surface area contributed by atoms with E-state index in [1.165, 1.54) is 6.07 Å². The maximum absolute atomic E-state index is 11.9. The molecule has 16 heavy (non-hydrogen) atoms. The minimum Gasteiger partial charge on any atom is -0.485 e. The second-order valence-electron chi connectivity index (χ2n) is 2.72. The topological polar surface area (TPSA) is 50.7 Å². The van der Waals surface area contributed by atoms with Crippen LogP contribution >= 0.6 is 0 Å². The van der Waals surface area contributed by atoms with Crippen molar-refractivity contribution in [2.24, 2.45) is 5.10 Å². The average Bonchev–Trinajstić information content (AvgIpc) is 2.28. The molecule has 0 aliphatic rings. The summed E-state index contributed by atoms with van der Waals surface area (Å²) in [5.74, 6) is 0.255. The molecule has 86 valence electrons. The number of halogens is 2. The van der Waals surface area contributed by atoms with Gasteiger partial charge in [0.25, 0.3) is 6.43 Å². The lowest BCUT2D eigenvalue weighted by Gasteiger charge is -2.09. The number of aldehydes is 1. The number of hydrogen-bond acceptors (Lipinski definition) is 4. The summed E-state index contributed by atoms with van der Waals surface area (Å²) in [6, 6.07) is 6.47. The normalized spacial score (nSPS) is 10.7. The Kier molecular flexibility index (Phi) is 4.91. The summed E-state index contributed by atoms with van der Waals surface area (Å²) >= 11 is 0. The van der Waals surface area contributed by atoms with Crippen molar-refractivity contribution in [3.63, 3.8) is 0 Å². The van der Waals surface area contributed by atoms with Crippen LogP contribution in [0.3, 0.4) is 0 Å². The summed E-state index contributed by atoms with van der Waals surface area (Å²) in [4.78, 5) is 9.98. The Morgan fingerprint density at radius 2 is 2.19 bits per heavy atom. The van der Waals surface area contributed by atoms with Crippen molar-refractivity contribution >= 4 is 18.2 Å². The first kappa shape index (κ1) is 12.1. The molecule has 6 heteroatoms. The number of nitrogens with zero attached hydrogens (tertiary/aromatic N) is 1. The number of alkyl halides is 2. The minimum atomic E-state index is -2.54. The van der Waals surface area contributed by atoms with Gasteiger partial charge in [-0.1, -0.05) is 12.1 Å². The van der Waals surface area contributed by atoms with E-state index in [-0.39, 0.29) is 5.75 Å². The molecule has 0 atom stereocenters. The molecule has 0 radical (unpaired) electrons. The molecule has 0 heterocycles. The molecule has 4 nitrogen and oxygen atoms in total. The Balaban J connectivity index is 2.67. The lowest BCUT2D eigenvalue weighted by atomic mass is 10.3. The number of para-hydroxylation sites is 2. The summed E-state index contributed by atoms with van der Waals surface area (Å²) < 4.78 is 28.7. The second kappa shape index (κ2) is 6.49. The van der Waals surface area contributed by atoms with E-state index in [1.54, 1.807) is 18.2 Å². The SMILES string of the molecule is O=C/C=N/Nc1ccccc1OCC(F)F. The minimum absolute atomic E-state index is 0.255. The zero-order valence-electron chi connectivity index (χ0n) is 8.27. The van der Waals surface area contributed by atoms with Crippen molar-refractivity contribution in [2.75, 3.05) is 12.0 Å². The number of carbonyl (C=O) groups is 1. The van der Waals surface area contributed by atoms with Crippen molar-refractivity contribution in [1.82, 2.24) is 0 Å². The molecule has 0 saturated heterocycles. The van der Waals surface area contributed by atoms with Crippen molar-refractivity contribution in [1.29, 1.82) is 0 Å². The molecule has 1 rings (SSSR count). The van der Waals surface area contributed by atoms with E-state index in [2.05, 4.69) is 10.5 Å². The highest BCUT2D eigenvalue weighted by molar-refractivity contribution is 6.13. The summed E-state index contributed by atoms with van der Waals surface area (Å²) in [7, 11) is 0. The molecular weight excluding hydrogens is 218 g/mol. The van der Waals surface area contributed by atoms with Gasteiger partial charge in [-0.3, -0.25) is 10.2 Å². The standard InChI is InChI=1S/C10H10F2N2O2/c11-10(12)7-16-9-4-2-1-3-8(9)14-13-5-6-15/h1-6,10,14H,7H2/b13-5+. The van der Waals surface area contributed by atoms with Crippen LogP contribution in [0.15, 0.2) is 29.4 Å². The maximum Gasteiger partial charge on any atom is 0.272 e. The van der Waals surface area contributed by atoms with Crippen molar-refractivity contribution < 1.29 is 18.3 Å². The summed E-state index contributed by atoms with van der Waals surface area (Å²) in [5.41, 5.74) is 2.92. The van der Waals surface area contributed by atoms with E-state index in [4.69, 9.17) is 4.74 Å². The highest BCUT2D eigenvalue weighted by atomic mass is 19.3. The molecule has 1 aromatic carbocycles. The number of anilines is 1. The van der Waals surface area contributed by atoms with Crippen molar-refractivity contribution in [3.05, 3.63) is 24.3 Å². The van der Waals surface area contributed by atoms with E-state index in [0.717, 1.165) is 6.21 Å². The number of ether oxygens (including phenoxy) is 1. The fourth-order valence-electron chi connectivity index (χ4n) is 0.975. The van der Waals surface area contributed by atoms with Gasteiger partial charge in [0.2, 0.25) is 0 Å². The first-order valence-electron chi connectivity index (χ1n) is 4.47. The highest BCUT2D eigenvalue weighted by Gasteiger charge is 2.06. The molecule has 0 aromatic heterocycles. The first-order chi connectivity index (χ1) is 7.74. The highest BCUT2D eigenvalue weighted by Crippen LogP contribution is 2.23. The van der Waals surface area contributed by atoms with E-state index in [9.17, 15) is 13.6 Å². The zero-order valence-corrected chi connectivity index (χ0v) is 8.27. The number of hydrazone groups is 1. The van der Waals surface area contributed by atoms with Crippen LogP contribution in [0.1, 0.15) is 0 Å². The predicted octanol–water partition coefficient (Wildman–Crippen LogP) is 1.93. The smallest absolute Gasteiger partial charge is 0.272 e. The molecule has 0 unspecified atom stereocenters. The van der Waals surface area contributed by atoms with Gasteiger partial charge in [-0.2, -0.15) is 5.10 Å². The quantitative estimate of drug-likeness (QED) is 0.459. The van der Waals surface area contributed by atoms with Gasteiger partial charge in [-0.05, 0) is 12.1 Å². The first-order valence-corrected chi connectivity index (χ1v) is 4.47. The largest absolute Gasteiger partial charge is 0.485 e. The molecule has 1 aromatic rings. The van der Waals surface area contributed by atoms with E-state index < -0.39 is 13.0 Å². The Morgan fingerprint density at radius 1 is 1.44 bits per heavy atom. The van der Waals surface area contributed by atoms with Gasteiger partial charge >= 0.3 is 0 Å². The Labute approximate surface area is 90.9 Å². The van der Waals surface area contributed by atoms with Crippen molar-refractivity contribution in [2.45, 2.75) is 6.43 Å². The molecule has 0 bridgehead atoms. The lowest BCUT2D eigenvalue weighted by Crippen LogP contribution is -2.08. The molecule has 0 spiro atoms. The summed E-state index contributed by atoms with van der Waals surface area (Å²) in [5, 5.41) is 3.54. The van der Waals surface area contributed by atoms with E-state index >= 15 is 0 Å². The van der Waals surface area contributed by atoms with Crippen LogP contribution in [0, 0.1) is 0 Å². The van der Waals surface area contributed by atoms with Gasteiger partial charge in [-0.15, -0.1) is 0 Å². The molecule has 0 aliphatic carbocycles. The lowest BCUT2D eigenvalue weighted by molar-refractivity contribution is -0.102. The number of hydrogen-bond donors (Lipinski definition) is 1. The predicted molar refractivity (Wildman–Crippen MR) is 56.1 cm³/mol. The van der Waals surface area contributed by atoms with Gasteiger partial charge in [0.05, 0.1) is 11.9 Å². The Bertz CT molecular complexity index is 370. The second-order valence-corrected chi connectivity index (χ2v) is 2.72. The maximum atomic E-state index is 11.9. The van der Waals surface area contributed by atoms with E-state index in [1.807, 2.05) is 0 Å². The molecule has 0 saturated carbocycles.